The Bertz CT molecular complexity index is 804. The van der Waals surface area contributed by atoms with Gasteiger partial charge in [0.05, 0.1) is 16.6 Å². The van der Waals surface area contributed by atoms with E-state index in [0.29, 0.717) is 17.4 Å². The molecule has 1 aromatic heterocycles. The molecule has 1 N–H and O–H groups in total. The number of fused-ring (bicyclic) bond motifs is 1. The van der Waals surface area contributed by atoms with Gasteiger partial charge in [-0.25, -0.2) is 4.79 Å². The Kier molecular flexibility index (Phi) is 4.09. The zero-order valence-corrected chi connectivity index (χ0v) is 13.3. The maximum absolute atomic E-state index is 12.6. The van der Waals surface area contributed by atoms with Crippen molar-refractivity contribution < 1.29 is 14.3 Å². The number of carboxylic acid groups (broad SMARTS) is 1. The summed E-state index contributed by atoms with van der Waals surface area (Å²) in [6, 6.07) is 5.41. The second kappa shape index (κ2) is 6.04. The van der Waals surface area contributed by atoms with Crippen molar-refractivity contribution >= 4 is 22.6 Å². The first-order valence-corrected chi connectivity index (χ1v) is 7.78. The number of nitrogens with zero attached hydrogens (tertiary/aromatic N) is 2. The molecule has 1 aliphatic heterocycles. The third kappa shape index (κ3) is 2.70. The SMILES string of the molecule is CCc1c(C(=O)O)oc2c(N3CCN(C)CC3)cccc2c1=O. The molecule has 6 heteroatoms. The number of piperazine rings is 1. The smallest absolute Gasteiger partial charge is 0.372 e. The van der Waals surface area contributed by atoms with Crippen molar-refractivity contribution in [3.8, 4) is 0 Å². The summed E-state index contributed by atoms with van der Waals surface area (Å²) in [6.45, 7) is 5.22. The fraction of sp³-hybridized carbons (Fsp3) is 0.412. The molecule has 0 unspecified atom stereocenters. The molecule has 6 nitrogen and oxygen atoms in total. The van der Waals surface area contributed by atoms with Gasteiger partial charge in [-0.05, 0) is 25.6 Å². The van der Waals surface area contributed by atoms with Gasteiger partial charge in [0.25, 0.3) is 0 Å². The molecule has 1 aromatic carbocycles. The Hall–Kier alpha value is -2.34. The number of anilines is 1. The zero-order valence-electron chi connectivity index (χ0n) is 13.3. The second-order valence-corrected chi connectivity index (χ2v) is 5.84. The van der Waals surface area contributed by atoms with E-state index in [1.165, 1.54) is 0 Å². The third-order valence-corrected chi connectivity index (χ3v) is 4.38. The van der Waals surface area contributed by atoms with E-state index in [1.807, 2.05) is 12.1 Å². The van der Waals surface area contributed by atoms with Crippen molar-refractivity contribution in [2.24, 2.45) is 0 Å². The molecular formula is C17H20N2O4. The molecule has 0 radical (unpaired) electrons. The minimum Gasteiger partial charge on any atom is -0.475 e. The van der Waals surface area contributed by atoms with E-state index in [-0.39, 0.29) is 16.8 Å². The first kappa shape index (κ1) is 15.6. The van der Waals surface area contributed by atoms with Crippen molar-refractivity contribution in [1.29, 1.82) is 0 Å². The molecule has 3 rings (SSSR count). The number of aromatic carboxylic acids is 1. The van der Waals surface area contributed by atoms with Gasteiger partial charge < -0.3 is 19.3 Å². The molecule has 0 aliphatic carbocycles. The lowest BCUT2D eigenvalue weighted by atomic mass is 10.1. The number of carbonyl (C=O) groups is 1. The predicted molar refractivity (Wildman–Crippen MR) is 88.5 cm³/mol. The van der Waals surface area contributed by atoms with E-state index in [9.17, 15) is 14.7 Å². The summed E-state index contributed by atoms with van der Waals surface area (Å²) >= 11 is 0. The van der Waals surface area contributed by atoms with Crippen LogP contribution in [0, 0.1) is 0 Å². The quantitative estimate of drug-likeness (QED) is 0.931. The molecule has 23 heavy (non-hydrogen) atoms. The van der Waals surface area contributed by atoms with Gasteiger partial charge in [-0.3, -0.25) is 4.79 Å². The standard InChI is InChI=1S/C17H20N2O4/c1-3-11-14(20)12-5-4-6-13(15(12)23-16(11)17(21)22)19-9-7-18(2)8-10-19/h4-6H,3,7-10H2,1-2H3,(H,21,22). The minimum absolute atomic E-state index is 0.223. The maximum Gasteiger partial charge on any atom is 0.372 e. The second-order valence-electron chi connectivity index (χ2n) is 5.84. The van der Waals surface area contributed by atoms with Gasteiger partial charge in [0.1, 0.15) is 0 Å². The molecule has 1 fully saturated rings. The van der Waals surface area contributed by atoms with Gasteiger partial charge in [0.2, 0.25) is 5.76 Å². The number of rotatable bonds is 3. The number of para-hydroxylation sites is 1. The van der Waals surface area contributed by atoms with E-state index < -0.39 is 5.97 Å². The summed E-state index contributed by atoms with van der Waals surface area (Å²) in [4.78, 5) is 28.4. The van der Waals surface area contributed by atoms with Crippen LogP contribution in [0.5, 0.6) is 0 Å². The highest BCUT2D eigenvalue weighted by molar-refractivity contribution is 5.94. The van der Waals surface area contributed by atoms with Crippen LogP contribution in [0.25, 0.3) is 11.0 Å². The molecule has 122 valence electrons. The van der Waals surface area contributed by atoms with Crippen molar-refractivity contribution in [2.75, 3.05) is 38.1 Å². The van der Waals surface area contributed by atoms with Crippen molar-refractivity contribution in [3.63, 3.8) is 0 Å². The van der Waals surface area contributed by atoms with Crippen LogP contribution in [0.15, 0.2) is 27.4 Å². The van der Waals surface area contributed by atoms with Crippen LogP contribution >= 0.6 is 0 Å². The molecule has 2 heterocycles. The van der Waals surface area contributed by atoms with E-state index in [4.69, 9.17) is 4.42 Å². The van der Waals surface area contributed by atoms with E-state index >= 15 is 0 Å². The summed E-state index contributed by atoms with van der Waals surface area (Å²) in [5.41, 5.74) is 1.14. The van der Waals surface area contributed by atoms with Gasteiger partial charge in [0.15, 0.2) is 11.0 Å². The molecule has 0 amide bonds. The maximum atomic E-state index is 12.6. The Morgan fingerprint density at radius 2 is 1.96 bits per heavy atom. The number of benzene rings is 1. The lowest BCUT2D eigenvalue weighted by molar-refractivity contribution is 0.0661. The largest absolute Gasteiger partial charge is 0.475 e. The monoisotopic (exact) mass is 316 g/mol. The molecule has 1 aliphatic rings. The zero-order chi connectivity index (χ0) is 16.6. The Balaban J connectivity index is 2.21. The normalized spacial score (nSPS) is 16.0. The first-order valence-electron chi connectivity index (χ1n) is 7.78. The average Bonchev–Trinajstić information content (AvgIpc) is 2.55. The molecule has 0 spiro atoms. The van der Waals surface area contributed by atoms with Crippen molar-refractivity contribution in [3.05, 3.63) is 39.7 Å². The van der Waals surface area contributed by atoms with E-state index in [1.54, 1.807) is 13.0 Å². The van der Waals surface area contributed by atoms with Crippen LogP contribution in [0.2, 0.25) is 0 Å². The third-order valence-electron chi connectivity index (χ3n) is 4.38. The summed E-state index contributed by atoms with van der Waals surface area (Å²) in [5.74, 6) is -1.44. The number of likely N-dealkylation sites (N-methyl/N-ethyl adjacent to an activating group) is 1. The number of hydrogen-bond acceptors (Lipinski definition) is 5. The minimum atomic E-state index is -1.20. The summed E-state index contributed by atoms with van der Waals surface area (Å²) in [6.07, 6.45) is 0.332. The van der Waals surface area contributed by atoms with Gasteiger partial charge in [-0.15, -0.1) is 0 Å². The average molecular weight is 316 g/mol. The molecule has 0 atom stereocenters. The molecule has 0 saturated carbocycles. The van der Waals surface area contributed by atoms with Gasteiger partial charge in [0, 0.05) is 26.2 Å². The van der Waals surface area contributed by atoms with Gasteiger partial charge in [-0.2, -0.15) is 0 Å². The van der Waals surface area contributed by atoms with E-state index in [0.717, 1.165) is 31.9 Å². The lowest BCUT2D eigenvalue weighted by Gasteiger charge is -2.34. The van der Waals surface area contributed by atoms with Crippen LogP contribution < -0.4 is 10.3 Å². The first-order chi connectivity index (χ1) is 11.0. The summed E-state index contributed by atoms with van der Waals surface area (Å²) in [7, 11) is 2.07. The number of carboxylic acids is 1. The van der Waals surface area contributed by atoms with Crippen LogP contribution in [0.3, 0.4) is 0 Å². The Morgan fingerprint density at radius 1 is 1.26 bits per heavy atom. The highest BCUT2D eigenvalue weighted by Gasteiger charge is 2.23. The lowest BCUT2D eigenvalue weighted by Crippen LogP contribution is -2.44. The van der Waals surface area contributed by atoms with Gasteiger partial charge >= 0.3 is 5.97 Å². The molecule has 0 bridgehead atoms. The fourth-order valence-corrected chi connectivity index (χ4v) is 3.03. The highest BCUT2D eigenvalue weighted by Crippen LogP contribution is 2.28. The predicted octanol–water partition coefficient (Wildman–Crippen LogP) is 1.81. The molecule has 1 saturated heterocycles. The van der Waals surface area contributed by atoms with Crippen LogP contribution in [-0.2, 0) is 6.42 Å². The fourth-order valence-electron chi connectivity index (χ4n) is 3.03. The molecular weight excluding hydrogens is 296 g/mol. The summed E-state index contributed by atoms with van der Waals surface area (Å²) in [5, 5.41) is 9.81. The van der Waals surface area contributed by atoms with Crippen LogP contribution in [0.1, 0.15) is 23.0 Å². The highest BCUT2D eigenvalue weighted by atomic mass is 16.4. The van der Waals surface area contributed by atoms with Crippen LogP contribution in [-0.4, -0.2) is 49.2 Å². The van der Waals surface area contributed by atoms with Crippen molar-refractivity contribution in [2.45, 2.75) is 13.3 Å². The van der Waals surface area contributed by atoms with Gasteiger partial charge in [-0.1, -0.05) is 13.0 Å². The van der Waals surface area contributed by atoms with E-state index in [2.05, 4.69) is 16.8 Å². The summed E-state index contributed by atoms with van der Waals surface area (Å²) < 4.78 is 5.68. The number of hydrogen-bond donors (Lipinski definition) is 1. The Labute approximate surface area is 133 Å². The van der Waals surface area contributed by atoms with Crippen LogP contribution in [0.4, 0.5) is 5.69 Å². The molecule has 2 aromatic rings. The topological polar surface area (TPSA) is 74.0 Å². The van der Waals surface area contributed by atoms with Crippen molar-refractivity contribution in [1.82, 2.24) is 4.90 Å². The Morgan fingerprint density at radius 3 is 2.57 bits per heavy atom.